The molecule has 0 aliphatic heterocycles. The summed E-state index contributed by atoms with van der Waals surface area (Å²) in [5.41, 5.74) is 0.578. The van der Waals surface area contributed by atoms with Crippen LogP contribution in [-0.2, 0) is 6.42 Å². The summed E-state index contributed by atoms with van der Waals surface area (Å²) >= 11 is 1.71. The highest BCUT2D eigenvalue weighted by Crippen LogP contribution is 2.23. The Hall–Kier alpha value is -1.95. The molecule has 1 atom stereocenters. The second-order valence-electron chi connectivity index (χ2n) is 5.07. The van der Waals surface area contributed by atoms with E-state index in [1.807, 2.05) is 19.2 Å². The summed E-state index contributed by atoms with van der Waals surface area (Å²) in [6.07, 6.45) is 5.44. The number of nitrogens with one attached hydrogen (secondary N) is 2. The van der Waals surface area contributed by atoms with E-state index in [2.05, 4.69) is 34.4 Å². The van der Waals surface area contributed by atoms with E-state index in [1.54, 1.807) is 23.6 Å². The van der Waals surface area contributed by atoms with Crippen LogP contribution in [0.25, 0.3) is 0 Å². The number of rotatable bonds is 7. The first-order chi connectivity index (χ1) is 10.6. The molecule has 0 saturated carbocycles. The standard InChI is InChI=1S/C16H22N4OS/c1-4-8-17-15(21)12-6-7-14(18-9-12)20-11(3)16-19-10-13(5-2)22-16/h6-7,9-11H,4-5,8H2,1-3H3,(H,17,21)(H,18,20). The van der Waals surface area contributed by atoms with Crippen LogP contribution in [0.4, 0.5) is 5.82 Å². The van der Waals surface area contributed by atoms with E-state index < -0.39 is 0 Å². The maximum absolute atomic E-state index is 11.8. The van der Waals surface area contributed by atoms with Crippen LogP contribution in [-0.4, -0.2) is 22.4 Å². The van der Waals surface area contributed by atoms with Gasteiger partial charge in [0.05, 0.1) is 11.6 Å². The zero-order valence-electron chi connectivity index (χ0n) is 13.2. The third-order valence-electron chi connectivity index (χ3n) is 3.22. The van der Waals surface area contributed by atoms with Gasteiger partial charge in [-0.3, -0.25) is 4.79 Å². The van der Waals surface area contributed by atoms with Crippen molar-refractivity contribution in [1.29, 1.82) is 0 Å². The molecule has 2 rings (SSSR count). The molecule has 0 aliphatic rings. The highest BCUT2D eigenvalue weighted by atomic mass is 32.1. The Labute approximate surface area is 135 Å². The fraction of sp³-hybridized carbons (Fsp3) is 0.438. The minimum Gasteiger partial charge on any atom is -0.361 e. The van der Waals surface area contributed by atoms with Crippen molar-refractivity contribution in [3.8, 4) is 0 Å². The predicted molar refractivity (Wildman–Crippen MR) is 90.4 cm³/mol. The molecule has 1 amide bonds. The van der Waals surface area contributed by atoms with E-state index in [1.165, 1.54) is 4.88 Å². The van der Waals surface area contributed by atoms with Gasteiger partial charge in [-0.1, -0.05) is 13.8 Å². The molecule has 118 valence electrons. The zero-order chi connectivity index (χ0) is 15.9. The van der Waals surface area contributed by atoms with E-state index >= 15 is 0 Å². The second-order valence-corrected chi connectivity index (χ2v) is 6.22. The molecule has 1 unspecified atom stereocenters. The van der Waals surface area contributed by atoms with Gasteiger partial charge in [-0.15, -0.1) is 11.3 Å². The van der Waals surface area contributed by atoms with Crippen molar-refractivity contribution < 1.29 is 4.79 Å². The van der Waals surface area contributed by atoms with Gasteiger partial charge in [-0.2, -0.15) is 0 Å². The minimum absolute atomic E-state index is 0.0820. The van der Waals surface area contributed by atoms with Crippen LogP contribution in [0.15, 0.2) is 24.5 Å². The lowest BCUT2D eigenvalue weighted by atomic mass is 10.2. The fourth-order valence-electron chi connectivity index (χ4n) is 1.92. The number of carbonyl (C=O) groups excluding carboxylic acids is 1. The van der Waals surface area contributed by atoms with Gasteiger partial charge >= 0.3 is 0 Å². The smallest absolute Gasteiger partial charge is 0.252 e. The average molecular weight is 318 g/mol. The Bertz CT molecular complexity index is 609. The van der Waals surface area contributed by atoms with Crippen molar-refractivity contribution in [2.24, 2.45) is 0 Å². The first-order valence-electron chi connectivity index (χ1n) is 7.59. The Morgan fingerprint density at radius 3 is 2.68 bits per heavy atom. The molecule has 0 saturated heterocycles. The van der Waals surface area contributed by atoms with Gasteiger partial charge in [0.25, 0.3) is 5.91 Å². The maximum atomic E-state index is 11.8. The molecular weight excluding hydrogens is 296 g/mol. The Kier molecular flexibility index (Phi) is 5.89. The van der Waals surface area contributed by atoms with Crippen molar-refractivity contribution >= 4 is 23.1 Å². The van der Waals surface area contributed by atoms with Crippen molar-refractivity contribution in [2.75, 3.05) is 11.9 Å². The van der Waals surface area contributed by atoms with E-state index in [4.69, 9.17) is 0 Å². The maximum Gasteiger partial charge on any atom is 0.252 e. The molecular formula is C16H22N4OS. The average Bonchev–Trinajstić information content (AvgIpc) is 3.02. The molecule has 22 heavy (non-hydrogen) atoms. The van der Waals surface area contributed by atoms with E-state index in [0.717, 1.165) is 23.7 Å². The number of hydrogen-bond donors (Lipinski definition) is 2. The summed E-state index contributed by atoms with van der Waals surface area (Å²) in [6, 6.07) is 3.70. The van der Waals surface area contributed by atoms with Crippen molar-refractivity contribution in [2.45, 2.75) is 39.7 Å². The molecule has 2 heterocycles. The van der Waals surface area contributed by atoms with Gasteiger partial charge < -0.3 is 10.6 Å². The fourth-order valence-corrected chi connectivity index (χ4v) is 2.78. The lowest BCUT2D eigenvalue weighted by Gasteiger charge is -2.12. The first-order valence-corrected chi connectivity index (χ1v) is 8.41. The summed E-state index contributed by atoms with van der Waals surface area (Å²) in [6.45, 7) is 6.89. The number of amides is 1. The Morgan fingerprint density at radius 1 is 1.27 bits per heavy atom. The molecule has 0 bridgehead atoms. The highest BCUT2D eigenvalue weighted by molar-refractivity contribution is 7.11. The molecule has 2 N–H and O–H groups in total. The van der Waals surface area contributed by atoms with Crippen LogP contribution in [0.5, 0.6) is 0 Å². The molecule has 0 aromatic carbocycles. The van der Waals surface area contributed by atoms with Crippen LogP contribution >= 0.6 is 11.3 Å². The molecule has 2 aromatic heterocycles. The van der Waals surface area contributed by atoms with Crippen LogP contribution < -0.4 is 10.6 Å². The number of pyridine rings is 1. The monoisotopic (exact) mass is 318 g/mol. The summed E-state index contributed by atoms with van der Waals surface area (Å²) in [5.74, 6) is 0.661. The molecule has 0 spiro atoms. The third kappa shape index (κ3) is 4.27. The second kappa shape index (κ2) is 7.89. The number of anilines is 1. The van der Waals surface area contributed by atoms with Crippen molar-refractivity contribution in [3.63, 3.8) is 0 Å². The van der Waals surface area contributed by atoms with Crippen molar-refractivity contribution in [1.82, 2.24) is 15.3 Å². The zero-order valence-corrected chi connectivity index (χ0v) is 14.0. The van der Waals surface area contributed by atoms with Crippen LogP contribution in [0.2, 0.25) is 0 Å². The van der Waals surface area contributed by atoms with E-state index in [-0.39, 0.29) is 11.9 Å². The number of aryl methyl sites for hydroxylation is 1. The predicted octanol–water partition coefficient (Wildman–Crippen LogP) is 3.41. The number of thiazole rings is 1. The summed E-state index contributed by atoms with van der Waals surface area (Å²) in [5, 5.41) is 7.19. The quantitative estimate of drug-likeness (QED) is 0.821. The van der Waals surface area contributed by atoms with Gasteiger partial charge in [0, 0.05) is 23.8 Å². The van der Waals surface area contributed by atoms with Crippen LogP contribution in [0, 0.1) is 0 Å². The van der Waals surface area contributed by atoms with Crippen LogP contribution in [0.3, 0.4) is 0 Å². The number of hydrogen-bond acceptors (Lipinski definition) is 5. The number of nitrogens with zero attached hydrogens (tertiary/aromatic N) is 2. The highest BCUT2D eigenvalue weighted by Gasteiger charge is 2.11. The Morgan fingerprint density at radius 2 is 2.09 bits per heavy atom. The van der Waals surface area contributed by atoms with Gasteiger partial charge in [0.15, 0.2) is 0 Å². The molecule has 0 aliphatic carbocycles. The number of carbonyl (C=O) groups is 1. The molecule has 5 nitrogen and oxygen atoms in total. The van der Waals surface area contributed by atoms with Gasteiger partial charge in [0.1, 0.15) is 10.8 Å². The largest absolute Gasteiger partial charge is 0.361 e. The SMILES string of the molecule is CCCNC(=O)c1ccc(NC(C)c2ncc(CC)s2)nc1. The molecule has 6 heteroatoms. The number of aromatic nitrogens is 2. The van der Waals surface area contributed by atoms with E-state index in [0.29, 0.717) is 12.1 Å². The van der Waals surface area contributed by atoms with Gasteiger partial charge in [-0.05, 0) is 31.9 Å². The van der Waals surface area contributed by atoms with Gasteiger partial charge in [-0.25, -0.2) is 9.97 Å². The molecule has 0 radical (unpaired) electrons. The van der Waals surface area contributed by atoms with Crippen LogP contribution in [0.1, 0.15) is 53.5 Å². The van der Waals surface area contributed by atoms with E-state index in [9.17, 15) is 4.79 Å². The summed E-state index contributed by atoms with van der Waals surface area (Å²) in [7, 11) is 0. The van der Waals surface area contributed by atoms with Gasteiger partial charge in [0.2, 0.25) is 0 Å². The third-order valence-corrected chi connectivity index (χ3v) is 4.54. The Balaban J connectivity index is 1.97. The lowest BCUT2D eigenvalue weighted by Crippen LogP contribution is -2.24. The summed E-state index contributed by atoms with van der Waals surface area (Å²) < 4.78 is 0. The topological polar surface area (TPSA) is 66.9 Å². The first kappa shape index (κ1) is 16.4. The summed E-state index contributed by atoms with van der Waals surface area (Å²) in [4.78, 5) is 21.8. The normalized spacial score (nSPS) is 12.0. The molecule has 0 fully saturated rings. The lowest BCUT2D eigenvalue weighted by molar-refractivity contribution is 0.0953. The minimum atomic E-state index is -0.0820. The molecule has 2 aromatic rings. The van der Waals surface area contributed by atoms with Crippen molar-refractivity contribution in [3.05, 3.63) is 40.0 Å².